The van der Waals surface area contributed by atoms with Crippen LogP contribution in [0.25, 0.3) is 11.0 Å². The van der Waals surface area contributed by atoms with Gasteiger partial charge in [-0.25, -0.2) is 5.43 Å². The number of hydrogen-bond donors (Lipinski definition) is 1. The van der Waals surface area contributed by atoms with E-state index in [1.165, 1.54) is 13.3 Å². The highest BCUT2D eigenvalue weighted by Crippen LogP contribution is 2.36. The van der Waals surface area contributed by atoms with Crippen molar-refractivity contribution in [2.45, 2.75) is 6.61 Å². The fraction of sp³-hybridized carbons (Fsp3) is 0.0833. The molecule has 0 saturated heterocycles. The Kier molecular flexibility index (Phi) is 6.63. The molecule has 0 aliphatic rings. The first-order chi connectivity index (χ1) is 15.5. The van der Waals surface area contributed by atoms with Gasteiger partial charge in [-0.2, -0.15) is 5.10 Å². The molecule has 0 spiro atoms. The van der Waals surface area contributed by atoms with E-state index < -0.39 is 5.91 Å². The Morgan fingerprint density at radius 3 is 2.62 bits per heavy atom. The van der Waals surface area contributed by atoms with E-state index in [2.05, 4.69) is 10.5 Å². The minimum atomic E-state index is -0.460. The zero-order valence-electron chi connectivity index (χ0n) is 17.0. The van der Waals surface area contributed by atoms with E-state index in [4.69, 9.17) is 37.1 Å². The summed E-state index contributed by atoms with van der Waals surface area (Å²) in [6.07, 6.45) is 1.46. The first-order valence-electron chi connectivity index (χ1n) is 9.60. The number of rotatable bonds is 7. The molecule has 0 unspecified atom stereocenters. The lowest BCUT2D eigenvalue weighted by Gasteiger charge is -2.13. The Morgan fingerprint density at radius 2 is 1.88 bits per heavy atom. The number of benzene rings is 3. The van der Waals surface area contributed by atoms with Crippen LogP contribution in [0, 0.1) is 0 Å². The van der Waals surface area contributed by atoms with E-state index in [-0.39, 0.29) is 5.76 Å². The Balaban J connectivity index is 1.44. The quantitative estimate of drug-likeness (QED) is 0.263. The van der Waals surface area contributed by atoms with Gasteiger partial charge in [-0.15, -0.1) is 0 Å². The number of halogens is 2. The molecule has 0 bridgehead atoms. The van der Waals surface area contributed by atoms with Gasteiger partial charge >= 0.3 is 5.91 Å². The molecule has 1 heterocycles. The van der Waals surface area contributed by atoms with Crippen molar-refractivity contribution >= 4 is 46.3 Å². The van der Waals surface area contributed by atoms with Crippen molar-refractivity contribution in [3.05, 3.63) is 93.7 Å². The van der Waals surface area contributed by atoms with Crippen LogP contribution in [-0.4, -0.2) is 19.2 Å². The fourth-order valence-corrected chi connectivity index (χ4v) is 3.40. The van der Waals surface area contributed by atoms with Gasteiger partial charge in [0.15, 0.2) is 17.3 Å². The molecule has 1 amide bonds. The SMILES string of the molecule is COc1cc(/C=N/NC(=O)c2cc3ccccc3o2)cc(Cl)c1OCc1ccc(Cl)cc1. The smallest absolute Gasteiger partial charge is 0.307 e. The number of hydrazone groups is 1. The topological polar surface area (TPSA) is 73.1 Å². The summed E-state index contributed by atoms with van der Waals surface area (Å²) in [6, 6.07) is 19.7. The molecule has 8 heteroatoms. The molecular formula is C24H18Cl2N2O4. The molecule has 6 nitrogen and oxygen atoms in total. The zero-order valence-corrected chi connectivity index (χ0v) is 18.5. The molecule has 0 aliphatic heterocycles. The second-order valence-electron chi connectivity index (χ2n) is 6.80. The Hall–Kier alpha value is -3.48. The van der Waals surface area contributed by atoms with Crippen LogP contribution in [0.4, 0.5) is 0 Å². The van der Waals surface area contributed by atoms with Gasteiger partial charge in [-0.3, -0.25) is 4.79 Å². The maximum atomic E-state index is 12.3. The van der Waals surface area contributed by atoms with E-state index >= 15 is 0 Å². The summed E-state index contributed by atoms with van der Waals surface area (Å²) >= 11 is 12.3. The summed E-state index contributed by atoms with van der Waals surface area (Å²) in [6.45, 7) is 0.300. The van der Waals surface area contributed by atoms with Gasteiger partial charge in [-0.05, 0) is 47.5 Å². The van der Waals surface area contributed by atoms with Crippen LogP contribution in [-0.2, 0) is 6.61 Å². The van der Waals surface area contributed by atoms with E-state index in [0.717, 1.165) is 10.9 Å². The Bertz CT molecular complexity index is 1250. The standard InChI is InChI=1S/C24H18Cl2N2O4/c1-30-21-11-16(10-19(26)23(21)31-14-15-6-8-18(25)9-7-15)13-27-28-24(29)22-12-17-4-2-3-5-20(17)32-22/h2-13H,14H2,1H3,(H,28,29)/b27-13+. The number of hydrogen-bond acceptors (Lipinski definition) is 5. The summed E-state index contributed by atoms with van der Waals surface area (Å²) in [7, 11) is 1.52. The molecule has 4 aromatic rings. The maximum absolute atomic E-state index is 12.3. The maximum Gasteiger partial charge on any atom is 0.307 e. The number of methoxy groups -OCH3 is 1. The van der Waals surface area contributed by atoms with Crippen LogP contribution < -0.4 is 14.9 Å². The molecule has 0 fully saturated rings. The Labute approximate surface area is 194 Å². The minimum Gasteiger partial charge on any atom is -0.493 e. The third-order valence-electron chi connectivity index (χ3n) is 4.58. The third-order valence-corrected chi connectivity index (χ3v) is 5.11. The van der Waals surface area contributed by atoms with Gasteiger partial charge in [0.25, 0.3) is 0 Å². The van der Waals surface area contributed by atoms with E-state index in [9.17, 15) is 4.79 Å². The fourth-order valence-electron chi connectivity index (χ4n) is 3.00. The number of fused-ring (bicyclic) bond motifs is 1. The van der Waals surface area contributed by atoms with Crippen LogP contribution in [0.3, 0.4) is 0 Å². The summed E-state index contributed by atoms with van der Waals surface area (Å²) < 4.78 is 16.8. The van der Waals surface area contributed by atoms with Crippen molar-refractivity contribution in [1.82, 2.24) is 5.43 Å². The average molecular weight is 469 g/mol. The minimum absolute atomic E-state index is 0.171. The number of nitrogens with zero attached hydrogens (tertiary/aromatic N) is 1. The number of furan rings is 1. The van der Waals surface area contributed by atoms with Crippen LogP contribution in [0.2, 0.25) is 10.0 Å². The normalized spacial score (nSPS) is 11.1. The second kappa shape index (κ2) is 9.77. The van der Waals surface area contributed by atoms with Gasteiger partial charge in [0, 0.05) is 10.4 Å². The van der Waals surface area contributed by atoms with Crippen LogP contribution >= 0.6 is 23.2 Å². The highest BCUT2D eigenvalue weighted by molar-refractivity contribution is 6.32. The van der Waals surface area contributed by atoms with Crippen molar-refractivity contribution in [1.29, 1.82) is 0 Å². The van der Waals surface area contributed by atoms with Crippen LogP contribution in [0.15, 0.2) is 76.2 Å². The summed E-state index contributed by atoms with van der Waals surface area (Å²) in [4.78, 5) is 12.3. The monoisotopic (exact) mass is 468 g/mol. The van der Waals surface area contributed by atoms with E-state index in [1.54, 1.807) is 36.4 Å². The lowest BCUT2D eigenvalue weighted by atomic mass is 10.2. The van der Waals surface area contributed by atoms with Crippen molar-refractivity contribution in [2.75, 3.05) is 7.11 Å². The second-order valence-corrected chi connectivity index (χ2v) is 7.64. The van der Waals surface area contributed by atoms with Crippen molar-refractivity contribution in [3.63, 3.8) is 0 Å². The lowest BCUT2D eigenvalue weighted by Crippen LogP contribution is -2.16. The van der Waals surface area contributed by atoms with Gasteiger partial charge in [0.05, 0.1) is 18.3 Å². The van der Waals surface area contributed by atoms with Crippen molar-refractivity contribution in [2.24, 2.45) is 5.10 Å². The van der Waals surface area contributed by atoms with Crippen molar-refractivity contribution < 1.29 is 18.7 Å². The first-order valence-corrected chi connectivity index (χ1v) is 10.4. The van der Waals surface area contributed by atoms with E-state index in [0.29, 0.717) is 39.3 Å². The molecule has 32 heavy (non-hydrogen) atoms. The number of para-hydroxylation sites is 1. The van der Waals surface area contributed by atoms with Gasteiger partial charge in [0.1, 0.15) is 12.2 Å². The largest absolute Gasteiger partial charge is 0.493 e. The summed E-state index contributed by atoms with van der Waals surface area (Å²) in [5.41, 5.74) is 4.63. The molecule has 4 rings (SSSR count). The average Bonchev–Trinajstić information content (AvgIpc) is 3.23. The number of carbonyl (C=O) groups is 1. The molecule has 0 atom stereocenters. The lowest BCUT2D eigenvalue weighted by molar-refractivity contribution is 0.0929. The molecule has 162 valence electrons. The van der Waals surface area contributed by atoms with Crippen LogP contribution in [0.5, 0.6) is 11.5 Å². The number of carbonyl (C=O) groups excluding carboxylic acids is 1. The first kappa shape index (κ1) is 21.7. The molecule has 1 aromatic heterocycles. The molecule has 0 saturated carbocycles. The number of ether oxygens (including phenoxy) is 2. The predicted octanol–water partition coefficient (Wildman–Crippen LogP) is 6.09. The van der Waals surface area contributed by atoms with Crippen molar-refractivity contribution in [3.8, 4) is 11.5 Å². The molecule has 3 aromatic carbocycles. The van der Waals surface area contributed by atoms with Gasteiger partial charge in [-0.1, -0.05) is 53.5 Å². The number of amides is 1. The van der Waals surface area contributed by atoms with Gasteiger partial charge < -0.3 is 13.9 Å². The van der Waals surface area contributed by atoms with E-state index in [1.807, 2.05) is 30.3 Å². The Morgan fingerprint density at radius 1 is 1.09 bits per heavy atom. The highest BCUT2D eigenvalue weighted by atomic mass is 35.5. The van der Waals surface area contributed by atoms with Gasteiger partial charge in [0.2, 0.25) is 0 Å². The summed E-state index contributed by atoms with van der Waals surface area (Å²) in [5, 5.41) is 5.83. The molecule has 0 radical (unpaired) electrons. The predicted molar refractivity (Wildman–Crippen MR) is 125 cm³/mol. The van der Waals surface area contributed by atoms with Crippen LogP contribution in [0.1, 0.15) is 21.7 Å². The summed E-state index contributed by atoms with van der Waals surface area (Å²) in [5.74, 6) is 0.562. The number of nitrogens with one attached hydrogen (secondary N) is 1. The highest BCUT2D eigenvalue weighted by Gasteiger charge is 2.13. The zero-order chi connectivity index (χ0) is 22.5. The molecule has 0 aliphatic carbocycles. The molecular weight excluding hydrogens is 451 g/mol. The molecule has 1 N–H and O–H groups in total. The third kappa shape index (κ3) is 5.04.